The zero-order valence-electron chi connectivity index (χ0n) is 7.37. The van der Waals surface area contributed by atoms with Crippen LogP contribution < -0.4 is 4.74 Å². The predicted molar refractivity (Wildman–Crippen MR) is 55.0 cm³/mol. The average Bonchev–Trinajstić information content (AvgIpc) is 2.15. The highest BCUT2D eigenvalue weighted by atomic mass is 32.1. The van der Waals surface area contributed by atoms with E-state index in [4.69, 9.17) is 4.74 Å². The van der Waals surface area contributed by atoms with Crippen LogP contribution in [0.1, 0.15) is 12.8 Å². The Morgan fingerprint density at radius 1 is 1.23 bits per heavy atom. The van der Waals surface area contributed by atoms with E-state index in [1.165, 1.54) is 6.07 Å². The molecule has 0 bridgehead atoms. The summed E-state index contributed by atoms with van der Waals surface area (Å²) < 4.78 is 18.2. The molecule has 0 heterocycles. The minimum Gasteiger partial charge on any atom is -0.491 e. The lowest BCUT2D eigenvalue weighted by molar-refractivity contribution is 0.294. The standard InChI is InChI=1S/C10H13FOS/c11-9-5-1-2-6-10(9)12-7-3-4-8-13/h1-2,5-6,13H,3-4,7-8H2. The molecule has 0 saturated carbocycles. The summed E-state index contributed by atoms with van der Waals surface area (Å²) in [4.78, 5) is 0. The maximum Gasteiger partial charge on any atom is 0.165 e. The second-order valence-corrected chi connectivity index (χ2v) is 3.16. The number of hydrogen-bond acceptors (Lipinski definition) is 2. The molecule has 0 atom stereocenters. The summed E-state index contributed by atoms with van der Waals surface area (Å²) in [6.45, 7) is 0.557. The fourth-order valence-electron chi connectivity index (χ4n) is 0.958. The number of unbranched alkanes of at least 4 members (excludes halogenated alkanes) is 1. The fourth-order valence-corrected chi connectivity index (χ4v) is 1.18. The van der Waals surface area contributed by atoms with Gasteiger partial charge >= 0.3 is 0 Å². The SMILES string of the molecule is Fc1ccccc1OCCCCS. The van der Waals surface area contributed by atoms with Crippen LogP contribution in [0.2, 0.25) is 0 Å². The first-order valence-corrected chi connectivity index (χ1v) is 4.96. The van der Waals surface area contributed by atoms with Crippen LogP contribution in [0.15, 0.2) is 24.3 Å². The van der Waals surface area contributed by atoms with Crippen molar-refractivity contribution >= 4 is 12.6 Å². The van der Waals surface area contributed by atoms with E-state index in [2.05, 4.69) is 12.6 Å². The van der Waals surface area contributed by atoms with E-state index < -0.39 is 0 Å². The molecule has 0 amide bonds. The quantitative estimate of drug-likeness (QED) is 0.568. The lowest BCUT2D eigenvalue weighted by atomic mass is 10.3. The average molecular weight is 200 g/mol. The van der Waals surface area contributed by atoms with Gasteiger partial charge in [0.15, 0.2) is 11.6 Å². The molecule has 0 aliphatic rings. The van der Waals surface area contributed by atoms with Crippen molar-refractivity contribution in [3.8, 4) is 5.75 Å². The number of benzene rings is 1. The molecule has 0 spiro atoms. The van der Waals surface area contributed by atoms with Crippen LogP contribution in [-0.2, 0) is 0 Å². The van der Waals surface area contributed by atoms with Crippen LogP contribution in [-0.4, -0.2) is 12.4 Å². The highest BCUT2D eigenvalue weighted by Crippen LogP contribution is 2.15. The van der Waals surface area contributed by atoms with Gasteiger partial charge in [0.1, 0.15) is 0 Å². The Morgan fingerprint density at radius 3 is 2.69 bits per heavy atom. The van der Waals surface area contributed by atoms with Crippen molar-refractivity contribution in [1.82, 2.24) is 0 Å². The van der Waals surface area contributed by atoms with Gasteiger partial charge in [0.05, 0.1) is 6.61 Å². The fraction of sp³-hybridized carbons (Fsp3) is 0.400. The molecule has 0 aromatic heterocycles. The number of para-hydroxylation sites is 1. The van der Waals surface area contributed by atoms with Crippen LogP contribution in [0.3, 0.4) is 0 Å². The summed E-state index contributed by atoms with van der Waals surface area (Å²) in [5, 5.41) is 0. The minimum absolute atomic E-state index is 0.298. The summed E-state index contributed by atoms with van der Waals surface area (Å²) in [5.74, 6) is 0.885. The second-order valence-electron chi connectivity index (χ2n) is 2.71. The maximum absolute atomic E-state index is 13.0. The van der Waals surface area contributed by atoms with E-state index in [0.29, 0.717) is 12.4 Å². The van der Waals surface area contributed by atoms with Gasteiger partial charge in [-0.15, -0.1) is 0 Å². The van der Waals surface area contributed by atoms with Gasteiger partial charge in [0, 0.05) is 0 Å². The zero-order chi connectivity index (χ0) is 9.52. The van der Waals surface area contributed by atoms with Gasteiger partial charge < -0.3 is 4.74 Å². The predicted octanol–water partition coefficient (Wildman–Crippen LogP) is 2.91. The molecule has 0 N–H and O–H groups in total. The number of thiol groups is 1. The molecule has 13 heavy (non-hydrogen) atoms. The Labute approximate surface area is 83.3 Å². The van der Waals surface area contributed by atoms with E-state index in [0.717, 1.165) is 18.6 Å². The molecular formula is C10H13FOS. The van der Waals surface area contributed by atoms with Crippen LogP contribution in [0, 0.1) is 5.82 Å². The molecule has 0 aliphatic carbocycles. The van der Waals surface area contributed by atoms with E-state index in [1.54, 1.807) is 18.2 Å². The third-order valence-electron chi connectivity index (χ3n) is 1.65. The Bertz CT molecular complexity index is 252. The van der Waals surface area contributed by atoms with Gasteiger partial charge in [0.25, 0.3) is 0 Å². The zero-order valence-corrected chi connectivity index (χ0v) is 8.27. The summed E-state index contributed by atoms with van der Waals surface area (Å²) in [6, 6.07) is 6.44. The summed E-state index contributed by atoms with van der Waals surface area (Å²) in [7, 11) is 0. The first-order valence-electron chi connectivity index (χ1n) is 4.33. The number of ether oxygens (including phenoxy) is 1. The first-order chi connectivity index (χ1) is 6.34. The van der Waals surface area contributed by atoms with E-state index in [-0.39, 0.29) is 5.82 Å². The van der Waals surface area contributed by atoms with Gasteiger partial charge in [-0.25, -0.2) is 4.39 Å². The van der Waals surface area contributed by atoms with Crippen molar-refractivity contribution in [3.63, 3.8) is 0 Å². The molecule has 0 unspecified atom stereocenters. The van der Waals surface area contributed by atoms with Crippen LogP contribution in [0.5, 0.6) is 5.75 Å². The number of halogens is 1. The molecule has 3 heteroatoms. The molecule has 1 aromatic carbocycles. The Morgan fingerprint density at radius 2 is 2.00 bits per heavy atom. The maximum atomic E-state index is 13.0. The van der Waals surface area contributed by atoms with E-state index >= 15 is 0 Å². The molecule has 1 rings (SSSR count). The largest absolute Gasteiger partial charge is 0.491 e. The summed E-state index contributed by atoms with van der Waals surface area (Å²) >= 11 is 4.07. The monoisotopic (exact) mass is 200 g/mol. The lowest BCUT2D eigenvalue weighted by Crippen LogP contribution is -1.99. The molecule has 0 radical (unpaired) electrons. The highest BCUT2D eigenvalue weighted by molar-refractivity contribution is 7.80. The van der Waals surface area contributed by atoms with Crippen LogP contribution in [0.4, 0.5) is 4.39 Å². The third kappa shape index (κ3) is 3.68. The van der Waals surface area contributed by atoms with Crippen molar-refractivity contribution in [3.05, 3.63) is 30.1 Å². The topological polar surface area (TPSA) is 9.23 Å². The molecule has 0 saturated heterocycles. The third-order valence-corrected chi connectivity index (χ3v) is 1.96. The first kappa shape index (κ1) is 10.4. The minimum atomic E-state index is -0.298. The smallest absolute Gasteiger partial charge is 0.165 e. The molecular weight excluding hydrogens is 187 g/mol. The van der Waals surface area contributed by atoms with Gasteiger partial charge in [-0.1, -0.05) is 12.1 Å². The van der Waals surface area contributed by atoms with Crippen molar-refractivity contribution in [2.75, 3.05) is 12.4 Å². The van der Waals surface area contributed by atoms with Crippen molar-refractivity contribution < 1.29 is 9.13 Å². The van der Waals surface area contributed by atoms with Crippen LogP contribution in [0.25, 0.3) is 0 Å². The number of hydrogen-bond donors (Lipinski definition) is 1. The molecule has 72 valence electrons. The highest BCUT2D eigenvalue weighted by Gasteiger charge is 1.99. The van der Waals surface area contributed by atoms with Crippen LogP contribution >= 0.6 is 12.6 Å². The van der Waals surface area contributed by atoms with Gasteiger partial charge in [-0.3, -0.25) is 0 Å². The summed E-state index contributed by atoms with van der Waals surface area (Å²) in [6.07, 6.45) is 1.91. The normalized spacial score (nSPS) is 10.0. The van der Waals surface area contributed by atoms with E-state index in [9.17, 15) is 4.39 Å². The van der Waals surface area contributed by atoms with Gasteiger partial charge in [0.2, 0.25) is 0 Å². The Hall–Kier alpha value is -0.700. The van der Waals surface area contributed by atoms with Gasteiger partial charge in [-0.2, -0.15) is 12.6 Å². The van der Waals surface area contributed by atoms with Gasteiger partial charge in [-0.05, 0) is 30.7 Å². The van der Waals surface area contributed by atoms with Crippen molar-refractivity contribution in [2.24, 2.45) is 0 Å². The Balaban J connectivity index is 2.32. The number of rotatable bonds is 5. The van der Waals surface area contributed by atoms with Crippen molar-refractivity contribution in [2.45, 2.75) is 12.8 Å². The van der Waals surface area contributed by atoms with E-state index in [1.807, 2.05) is 0 Å². The van der Waals surface area contributed by atoms with Crippen molar-refractivity contribution in [1.29, 1.82) is 0 Å². The molecule has 0 fully saturated rings. The molecule has 0 aliphatic heterocycles. The molecule has 1 nitrogen and oxygen atoms in total. The summed E-state index contributed by atoms with van der Waals surface area (Å²) in [5.41, 5.74) is 0. The molecule has 1 aromatic rings. The second kappa shape index (κ2) is 5.86. The lowest BCUT2D eigenvalue weighted by Gasteiger charge is -2.05. The Kier molecular flexibility index (Phi) is 4.68.